The van der Waals surface area contributed by atoms with Crippen LogP contribution >= 0.6 is 0 Å². The van der Waals surface area contributed by atoms with Gasteiger partial charge >= 0.3 is 0 Å². The molecule has 0 spiro atoms. The maximum Gasteiger partial charge on any atom is 0.251 e. The van der Waals surface area contributed by atoms with Gasteiger partial charge in [-0.1, -0.05) is 12.1 Å². The number of amides is 1. The Hall–Kier alpha value is -1.91. The first kappa shape index (κ1) is 11.6. The molecular formula is C12H16N4O. The van der Waals surface area contributed by atoms with Crippen molar-refractivity contribution in [2.24, 2.45) is 0 Å². The standard InChI is InChI=1S/C12H16N4O/c1-3-7-13-12(17)9-5-6-11-10(8-9)14-15-16(11)4-2/h5-6,8H,3-4,7H2,1-2H3,(H,13,17). The summed E-state index contributed by atoms with van der Waals surface area (Å²) in [5, 5.41) is 10.9. The van der Waals surface area contributed by atoms with Gasteiger partial charge in [-0.25, -0.2) is 4.68 Å². The summed E-state index contributed by atoms with van der Waals surface area (Å²) in [6.45, 7) is 5.50. The van der Waals surface area contributed by atoms with E-state index in [9.17, 15) is 4.79 Å². The van der Waals surface area contributed by atoms with Crippen LogP contribution in [0.1, 0.15) is 30.6 Å². The average Bonchev–Trinajstić information content (AvgIpc) is 2.77. The molecule has 90 valence electrons. The van der Waals surface area contributed by atoms with Gasteiger partial charge in [0.2, 0.25) is 0 Å². The molecule has 0 radical (unpaired) electrons. The third-order valence-electron chi connectivity index (χ3n) is 2.61. The quantitative estimate of drug-likeness (QED) is 0.870. The first-order chi connectivity index (χ1) is 8.26. The topological polar surface area (TPSA) is 59.8 Å². The number of nitrogens with one attached hydrogen (secondary N) is 1. The Morgan fingerprint density at radius 3 is 2.94 bits per heavy atom. The van der Waals surface area contributed by atoms with Crippen molar-refractivity contribution in [1.82, 2.24) is 20.3 Å². The lowest BCUT2D eigenvalue weighted by atomic mass is 10.2. The molecule has 0 saturated heterocycles. The lowest BCUT2D eigenvalue weighted by Gasteiger charge is -2.03. The van der Waals surface area contributed by atoms with Crippen molar-refractivity contribution in [3.8, 4) is 0 Å². The van der Waals surface area contributed by atoms with Crippen LogP contribution in [-0.4, -0.2) is 27.4 Å². The molecule has 1 aromatic heterocycles. The molecule has 1 heterocycles. The van der Waals surface area contributed by atoms with Crippen molar-refractivity contribution < 1.29 is 4.79 Å². The summed E-state index contributed by atoms with van der Waals surface area (Å²) in [6.07, 6.45) is 0.931. The number of benzene rings is 1. The van der Waals surface area contributed by atoms with Crippen LogP contribution < -0.4 is 5.32 Å². The molecule has 5 heteroatoms. The van der Waals surface area contributed by atoms with E-state index in [1.807, 2.05) is 30.7 Å². The van der Waals surface area contributed by atoms with Crippen molar-refractivity contribution >= 4 is 16.9 Å². The fourth-order valence-corrected chi connectivity index (χ4v) is 1.69. The molecule has 0 bridgehead atoms. The largest absolute Gasteiger partial charge is 0.352 e. The second kappa shape index (κ2) is 4.95. The van der Waals surface area contributed by atoms with Gasteiger partial charge in [0.15, 0.2) is 0 Å². The molecule has 17 heavy (non-hydrogen) atoms. The average molecular weight is 232 g/mol. The highest BCUT2D eigenvalue weighted by molar-refractivity contribution is 5.97. The Morgan fingerprint density at radius 1 is 1.41 bits per heavy atom. The van der Waals surface area contributed by atoms with Gasteiger partial charge in [-0.15, -0.1) is 5.10 Å². The smallest absolute Gasteiger partial charge is 0.251 e. The lowest BCUT2D eigenvalue weighted by Crippen LogP contribution is -2.23. The zero-order valence-electron chi connectivity index (χ0n) is 10.1. The number of aromatic nitrogens is 3. The maximum atomic E-state index is 11.8. The molecule has 1 aromatic carbocycles. The Morgan fingerprint density at radius 2 is 2.24 bits per heavy atom. The molecule has 1 amide bonds. The summed E-state index contributed by atoms with van der Waals surface area (Å²) >= 11 is 0. The normalized spacial score (nSPS) is 10.7. The van der Waals surface area contributed by atoms with E-state index in [4.69, 9.17) is 0 Å². The van der Waals surface area contributed by atoms with Gasteiger partial charge in [0, 0.05) is 18.7 Å². The number of hydrogen-bond acceptors (Lipinski definition) is 3. The lowest BCUT2D eigenvalue weighted by molar-refractivity contribution is 0.0954. The van der Waals surface area contributed by atoms with Crippen molar-refractivity contribution in [3.63, 3.8) is 0 Å². The van der Waals surface area contributed by atoms with Gasteiger partial charge in [-0.05, 0) is 31.5 Å². The van der Waals surface area contributed by atoms with E-state index in [2.05, 4.69) is 15.6 Å². The second-order valence-electron chi connectivity index (χ2n) is 3.86. The van der Waals surface area contributed by atoms with E-state index < -0.39 is 0 Å². The fourth-order valence-electron chi connectivity index (χ4n) is 1.69. The minimum absolute atomic E-state index is 0.0557. The van der Waals surface area contributed by atoms with Gasteiger partial charge in [0.05, 0.1) is 5.52 Å². The molecule has 2 rings (SSSR count). The van der Waals surface area contributed by atoms with Crippen LogP contribution in [0.5, 0.6) is 0 Å². The van der Waals surface area contributed by atoms with Crippen LogP contribution in [0.25, 0.3) is 11.0 Å². The Balaban J connectivity index is 2.29. The van der Waals surface area contributed by atoms with E-state index >= 15 is 0 Å². The highest BCUT2D eigenvalue weighted by atomic mass is 16.1. The monoisotopic (exact) mass is 232 g/mol. The molecule has 0 aliphatic carbocycles. The number of hydrogen-bond donors (Lipinski definition) is 1. The Kier molecular flexibility index (Phi) is 3.37. The van der Waals surface area contributed by atoms with E-state index in [0.29, 0.717) is 12.1 Å². The van der Waals surface area contributed by atoms with Crippen molar-refractivity contribution in [2.75, 3.05) is 6.54 Å². The van der Waals surface area contributed by atoms with E-state index in [0.717, 1.165) is 24.0 Å². The Labute approximate surface area is 99.8 Å². The van der Waals surface area contributed by atoms with Gasteiger partial charge in [-0.2, -0.15) is 0 Å². The molecule has 0 aliphatic rings. The number of aryl methyl sites for hydroxylation is 1. The minimum atomic E-state index is -0.0557. The molecule has 5 nitrogen and oxygen atoms in total. The molecule has 1 N–H and O–H groups in total. The summed E-state index contributed by atoms with van der Waals surface area (Å²) < 4.78 is 1.81. The van der Waals surface area contributed by atoms with Crippen LogP contribution in [0.15, 0.2) is 18.2 Å². The molecule has 0 aliphatic heterocycles. The van der Waals surface area contributed by atoms with Gasteiger partial charge in [0.1, 0.15) is 5.52 Å². The molecule has 0 fully saturated rings. The van der Waals surface area contributed by atoms with Crippen LogP contribution in [0.3, 0.4) is 0 Å². The number of carbonyl (C=O) groups is 1. The molecular weight excluding hydrogens is 216 g/mol. The predicted octanol–water partition coefficient (Wildman–Crippen LogP) is 1.59. The number of carbonyl (C=O) groups excluding carboxylic acids is 1. The number of rotatable bonds is 4. The molecule has 0 atom stereocenters. The maximum absolute atomic E-state index is 11.8. The van der Waals surface area contributed by atoms with Crippen molar-refractivity contribution in [1.29, 1.82) is 0 Å². The third-order valence-corrected chi connectivity index (χ3v) is 2.61. The van der Waals surface area contributed by atoms with Crippen LogP contribution in [0.4, 0.5) is 0 Å². The summed E-state index contributed by atoms with van der Waals surface area (Å²) in [5.41, 5.74) is 2.35. The van der Waals surface area contributed by atoms with Crippen molar-refractivity contribution in [3.05, 3.63) is 23.8 Å². The number of fused-ring (bicyclic) bond motifs is 1. The summed E-state index contributed by atoms with van der Waals surface area (Å²) in [7, 11) is 0. The zero-order valence-corrected chi connectivity index (χ0v) is 10.1. The molecule has 0 saturated carbocycles. The highest BCUT2D eigenvalue weighted by Crippen LogP contribution is 2.13. The summed E-state index contributed by atoms with van der Waals surface area (Å²) in [4.78, 5) is 11.8. The van der Waals surface area contributed by atoms with E-state index in [-0.39, 0.29) is 5.91 Å². The highest BCUT2D eigenvalue weighted by Gasteiger charge is 2.08. The first-order valence-electron chi connectivity index (χ1n) is 5.87. The van der Waals surface area contributed by atoms with Gasteiger partial charge < -0.3 is 5.32 Å². The van der Waals surface area contributed by atoms with Crippen LogP contribution in [-0.2, 0) is 6.54 Å². The predicted molar refractivity (Wildman–Crippen MR) is 65.8 cm³/mol. The zero-order chi connectivity index (χ0) is 12.3. The third kappa shape index (κ3) is 2.27. The Bertz CT molecular complexity index is 532. The number of nitrogens with zero attached hydrogens (tertiary/aromatic N) is 3. The van der Waals surface area contributed by atoms with Crippen LogP contribution in [0, 0.1) is 0 Å². The minimum Gasteiger partial charge on any atom is -0.352 e. The van der Waals surface area contributed by atoms with E-state index in [1.165, 1.54) is 0 Å². The van der Waals surface area contributed by atoms with E-state index in [1.54, 1.807) is 6.07 Å². The molecule has 2 aromatic rings. The summed E-state index contributed by atoms with van der Waals surface area (Å²) in [6, 6.07) is 5.47. The second-order valence-corrected chi connectivity index (χ2v) is 3.86. The summed E-state index contributed by atoms with van der Waals surface area (Å²) in [5.74, 6) is -0.0557. The SMILES string of the molecule is CCCNC(=O)c1ccc2c(c1)nnn2CC. The van der Waals surface area contributed by atoms with Crippen molar-refractivity contribution in [2.45, 2.75) is 26.8 Å². The first-order valence-corrected chi connectivity index (χ1v) is 5.87. The van der Waals surface area contributed by atoms with Crippen LogP contribution in [0.2, 0.25) is 0 Å². The molecule has 0 unspecified atom stereocenters. The van der Waals surface area contributed by atoms with Gasteiger partial charge in [0.25, 0.3) is 5.91 Å². The fraction of sp³-hybridized carbons (Fsp3) is 0.417. The van der Waals surface area contributed by atoms with Gasteiger partial charge in [-0.3, -0.25) is 4.79 Å².